The molecule has 1 aliphatic rings. The Hall–Kier alpha value is -2.26. The Balaban J connectivity index is 2.33. The molecule has 0 radical (unpaired) electrons. The van der Waals surface area contributed by atoms with Gasteiger partial charge in [-0.3, -0.25) is 9.59 Å². The van der Waals surface area contributed by atoms with Gasteiger partial charge in [-0.05, 0) is 24.1 Å². The van der Waals surface area contributed by atoms with E-state index in [-0.39, 0.29) is 18.2 Å². The maximum Gasteiger partial charge on any atom is 0.194 e. The third kappa shape index (κ3) is 1.55. The fourth-order valence-corrected chi connectivity index (χ4v) is 2.57. The minimum Gasteiger partial charge on any atom is -0.392 e. The molecule has 3 nitrogen and oxygen atoms in total. The lowest BCUT2D eigenvalue weighted by Crippen LogP contribution is -2.22. The van der Waals surface area contributed by atoms with Gasteiger partial charge in [0.1, 0.15) is 0 Å². The molecule has 2 aromatic carbocycles. The van der Waals surface area contributed by atoms with Crippen molar-refractivity contribution < 1.29 is 14.7 Å². The van der Waals surface area contributed by atoms with Gasteiger partial charge in [-0.15, -0.1) is 0 Å². The molecule has 3 heteroatoms. The van der Waals surface area contributed by atoms with Crippen LogP contribution in [0.15, 0.2) is 36.4 Å². The van der Waals surface area contributed by atoms with Crippen LogP contribution in [0.3, 0.4) is 0 Å². The Bertz CT molecular complexity index is 714. The zero-order valence-corrected chi connectivity index (χ0v) is 10.4. The summed E-state index contributed by atoms with van der Waals surface area (Å²) in [7, 11) is 0. The lowest BCUT2D eigenvalue weighted by molar-refractivity contribution is 0.0978. The van der Waals surface area contributed by atoms with E-state index in [1.165, 1.54) is 0 Å². The molecule has 1 aliphatic carbocycles. The Morgan fingerprint density at radius 2 is 1.53 bits per heavy atom. The van der Waals surface area contributed by atoms with E-state index >= 15 is 0 Å². The SMILES string of the molecule is Cc1c(CO)ccc2c1C(=O)c1ccccc1C2=O. The molecule has 0 amide bonds. The van der Waals surface area contributed by atoms with Gasteiger partial charge in [0.15, 0.2) is 11.6 Å². The zero-order chi connectivity index (χ0) is 13.6. The van der Waals surface area contributed by atoms with E-state index in [9.17, 15) is 14.7 Å². The number of ketones is 2. The second kappa shape index (κ2) is 4.14. The van der Waals surface area contributed by atoms with E-state index in [4.69, 9.17) is 0 Å². The van der Waals surface area contributed by atoms with Gasteiger partial charge in [0.25, 0.3) is 0 Å². The Labute approximate surface area is 110 Å². The number of aliphatic hydroxyl groups is 1. The average Bonchev–Trinajstić information content (AvgIpc) is 2.44. The third-order valence-electron chi connectivity index (χ3n) is 3.64. The molecule has 0 unspecified atom stereocenters. The van der Waals surface area contributed by atoms with E-state index < -0.39 is 0 Å². The number of rotatable bonds is 1. The van der Waals surface area contributed by atoms with Crippen LogP contribution in [0.2, 0.25) is 0 Å². The number of carbonyl (C=O) groups excluding carboxylic acids is 2. The van der Waals surface area contributed by atoms with Crippen LogP contribution in [0.1, 0.15) is 43.0 Å². The monoisotopic (exact) mass is 252 g/mol. The predicted molar refractivity (Wildman–Crippen MR) is 70.4 cm³/mol. The predicted octanol–water partition coefficient (Wildman–Crippen LogP) is 2.26. The summed E-state index contributed by atoms with van der Waals surface area (Å²) >= 11 is 0. The lowest BCUT2D eigenvalue weighted by Gasteiger charge is -2.20. The highest BCUT2D eigenvalue weighted by Crippen LogP contribution is 2.30. The van der Waals surface area contributed by atoms with Gasteiger partial charge in [-0.25, -0.2) is 0 Å². The summed E-state index contributed by atoms with van der Waals surface area (Å²) in [6, 6.07) is 10.2. The number of hydrogen-bond acceptors (Lipinski definition) is 3. The molecule has 0 fully saturated rings. The summed E-state index contributed by atoms with van der Waals surface area (Å²) in [5, 5.41) is 9.27. The number of hydrogen-bond donors (Lipinski definition) is 1. The molecule has 0 heterocycles. The van der Waals surface area contributed by atoms with Crippen LogP contribution < -0.4 is 0 Å². The molecule has 3 rings (SSSR count). The second-order valence-electron chi connectivity index (χ2n) is 4.63. The highest BCUT2D eigenvalue weighted by atomic mass is 16.3. The van der Waals surface area contributed by atoms with Crippen molar-refractivity contribution in [3.63, 3.8) is 0 Å². The quantitative estimate of drug-likeness (QED) is 0.722. The fraction of sp³-hybridized carbons (Fsp3) is 0.125. The molecule has 0 saturated carbocycles. The zero-order valence-electron chi connectivity index (χ0n) is 10.4. The van der Waals surface area contributed by atoms with Crippen molar-refractivity contribution in [3.8, 4) is 0 Å². The molecule has 1 N–H and O–H groups in total. The van der Waals surface area contributed by atoms with Crippen LogP contribution in [-0.4, -0.2) is 16.7 Å². The summed E-state index contributed by atoms with van der Waals surface area (Å²) in [4.78, 5) is 24.9. The lowest BCUT2D eigenvalue weighted by atomic mass is 9.81. The molecule has 19 heavy (non-hydrogen) atoms. The maximum atomic E-state index is 12.5. The first-order chi connectivity index (χ1) is 9.15. The van der Waals surface area contributed by atoms with Crippen LogP contribution in [0.5, 0.6) is 0 Å². The van der Waals surface area contributed by atoms with Crippen molar-refractivity contribution in [1.29, 1.82) is 0 Å². The van der Waals surface area contributed by atoms with E-state index in [1.807, 2.05) is 0 Å². The normalized spacial score (nSPS) is 13.2. The number of aliphatic hydroxyl groups excluding tert-OH is 1. The summed E-state index contributed by atoms with van der Waals surface area (Å²) < 4.78 is 0. The molecule has 0 bridgehead atoms. The molecule has 0 atom stereocenters. The van der Waals surface area contributed by atoms with Gasteiger partial charge in [0, 0.05) is 22.3 Å². The van der Waals surface area contributed by atoms with Gasteiger partial charge in [0.05, 0.1) is 6.61 Å². The molecule has 0 aliphatic heterocycles. The van der Waals surface area contributed by atoms with Crippen LogP contribution in [0.25, 0.3) is 0 Å². The van der Waals surface area contributed by atoms with Crippen molar-refractivity contribution in [3.05, 3.63) is 69.8 Å². The Kier molecular flexibility index (Phi) is 2.57. The van der Waals surface area contributed by atoms with E-state index in [0.717, 1.165) is 0 Å². The largest absolute Gasteiger partial charge is 0.392 e. The minimum atomic E-state index is -0.141. The number of benzene rings is 2. The summed E-state index contributed by atoms with van der Waals surface area (Å²) in [6.45, 7) is 1.63. The van der Waals surface area contributed by atoms with Gasteiger partial charge in [0.2, 0.25) is 0 Å². The standard InChI is InChI=1S/C16H12O3/c1-9-10(8-17)6-7-13-14(9)16(19)12-5-3-2-4-11(12)15(13)18/h2-7,17H,8H2,1H3. The van der Waals surface area contributed by atoms with Crippen LogP contribution >= 0.6 is 0 Å². The first-order valence-electron chi connectivity index (χ1n) is 6.07. The summed E-state index contributed by atoms with van der Waals surface area (Å²) in [5.74, 6) is -0.268. The third-order valence-corrected chi connectivity index (χ3v) is 3.64. The van der Waals surface area contributed by atoms with Crippen LogP contribution in [0, 0.1) is 6.92 Å². The summed E-state index contributed by atoms with van der Waals surface area (Å²) in [6.07, 6.45) is 0. The highest BCUT2D eigenvalue weighted by Gasteiger charge is 2.30. The summed E-state index contributed by atoms with van der Waals surface area (Å²) in [5.41, 5.74) is 3.12. The van der Waals surface area contributed by atoms with Crippen LogP contribution in [-0.2, 0) is 6.61 Å². The average molecular weight is 252 g/mol. The topological polar surface area (TPSA) is 54.4 Å². The molecule has 2 aromatic rings. The van der Waals surface area contributed by atoms with Crippen molar-refractivity contribution in [1.82, 2.24) is 0 Å². The molecule has 0 spiro atoms. The van der Waals surface area contributed by atoms with Gasteiger partial charge in [-0.1, -0.05) is 30.3 Å². The van der Waals surface area contributed by atoms with E-state index in [0.29, 0.717) is 33.4 Å². The smallest absolute Gasteiger partial charge is 0.194 e. The van der Waals surface area contributed by atoms with Crippen molar-refractivity contribution in [2.75, 3.05) is 0 Å². The van der Waals surface area contributed by atoms with Crippen molar-refractivity contribution in [2.45, 2.75) is 13.5 Å². The first-order valence-corrected chi connectivity index (χ1v) is 6.07. The van der Waals surface area contributed by atoms with E-state index in [1.54, 1.807) is 43.3 Å². The first kappa shape index (κ1) is 11.8. The minimum absolute atomic E-state index is 0.127. The number of fused-ring (bicyclic) bond motifs is 2. The van der Waals surface area contributed by atoms with Gasteiger partial charge >= 0.3 is 0 Å². The highest BCUT2D eigenvalue weighted by molar-refractivity contribution is 6.28. The molecule has 0 saturated heterocycles. The number of carbonyl (C=O) groups is 2. The fourth-order valence-electron chi connectivity index (χ4n) is 2.57. The van der Waals surface area contributed by atoms with Crippen LogP contribution in [0.4, 0.5) is 0 Å². The molecule has 94 valence electrons. The van der Waals surface area contributed by atoms with Crippen molar-refractivity contribution >= 4 is 11.6 Å². The molecule has 0 aromatic heterocycles. The maximum absolute atomic E-state index is 12.5. The van der Waals surface area contributed by atoms with Gasteiger partial charge in [-0.2, -0.15) is 0 Å². The molecular weight excluding hydrogens is 240 g/mol. The van der Waals surface area contributed by atoms with Crippen molar-refractivity contribution in [2.24, 2.45) is 0 Å². The Morgan fingerprint density at radius 1 is 0.895 bits per heavy atom. The van der Waals surface area contributed by atoms with Gasteiger partial charge < -0.3 is 5.11 Å². The molecular formula is C16H12O3. The Morgan fingerprint density at radius 3 is 2.16 bits per heavy atom. The van der Waals surface area contributed by atoms with E-state index in [2.05, 4.69) is 0 Å². The second-order valence-corrected chi connectivity index (χ2v) is 4.63.